The number of imidazole rings is 1. The van der Waals surface area contributed by atoms with Crippen molar-refractivity contribution in [1.29, 1.82) is 0 Å². The number of benzene rings is 1. The second-order valence-electron chi connectivity index (χ2n) is 5.03. The molecule has 0 amide bonds. The second kappa shape index (κ2) is 5.70. The Labute approximate surface area is 133 Å². The molecule has 0 N–H and O–H groups in total. The van der Waals surface area contributed by atoms with Gasteiger partial charge in [-0.15, -0.1) is 22.9 Å². The number of ether oxygens (including phenoxy) is 1. The van der Waals surface area contributed by atoms with Crippen LogP contribution < -0.4 is 4.74 Å². The lowest BCUT2D eigenvalue weighted by atomic mass is 10.2. The number of thiophene rings is 1. The standard InChI is InChI=1S/C16H17ClN2OS/c1-10-7-12(21-11(10)2)9-19-13-5-4-6-14(20-3)16(13)18-15(19)8-17/h4-7H,8-9H2,1-3H3. The lowest BCUT2D eigenvalue weighted by molar-refractivity contribution is 0.419. The molecule has 21 heavy (non-hydrogen) atoms. The molecule has 0 aliphatic heterocycles. The molecule has 0 spiro atoms. The average molecular weight is 321 g/mol. The van der Waals surface area contributed by atoms with Gasteiger partial charge in [0.15, 0.2) is 0 Å². The molecule has 3 rings (SSSR count). The Morgan fingerprint density at radius 2 is 2.14 bits per heavy atom. The van der Waals surface area contributed by atoms with E-state index in [1.807, 2.05) is 23.5 Å². The van der Waals surface area contributed by atoms with Crippen LogP contribution >= 0.6 is 22.9 Å². The maximum absolute atomic E-state index is 6.08. The van der Waals surface area contributed by atoms with E-state index in [2.05, 4.69) is 35.5 Å². The third-order valence-corrected chi connectivity index (χ3v) is 5.07. The third kappa shape index (κ3) is 2.54. The SMILES string of the molecule is COc1cccc2c1nc(CCl)n2Cc1cc(C)c(C)s1. The molecular weight excluding hydrogens is 304 g/mol. The summed E-state index contributed by atoms with van der Waals surface area (Å²) in [5.74, 6) is 2.05. The highest BCUT2D eigenvalue weighted by Gasteiger charge is 2.14. The first-order valence-electron chi connectivity index (χ1n) is 6.78. The molecule has 0 saturated heterocycles. The first kappa shape index (κ1) is 14.4. The fourth-order valence-electron chi connectivity index (χ4n) is 2.50. The minimum absolute atomic E-state index is 0.390. The summed E-state index contributed by atoms with van der Waals surface area (Å²) in [7, 11) is 1.67. The number of hydrogen-bond acceptors (Lipinski definition) is 3. The molecule has 1 aromatic carbocycles. The number of aryl methyl sites for hydroxylation is 2. The Morgan fingerprint density at radius 3 is 2.76 bits per heavy atom. The van der Waals surface area contributed by atoms with Crippen LogP contribution in [0.4, 0.5) is 0 Å². The maximum Gasteiger partial charge on any atom is 0.146 e. The molecular formula is C16H17ClN2OS. The molecule has 3 aromatic rings. The number of fused-ring (bicyclic) bond motifs is 1. The number of rotatable bonds is 4. The van der Waals surface area contributed by atoms with Gasteiger partial charge in [0.25, 0.3) is 0 Å². The molecule has 5 heteroatoms. The van der Waals surface area contributed by atoms with Crippen LogP contribution in [0, 0.1) is 13.8 Å². The second-order valence-corrected chi connectivity index (χ2v) is 6.64. The highest BCUT2D eigenvalue weighted by molar-refractivity contribution is 7.12. The van der Waals surface area contributed by atoms with Crippen molar-refractivity contribution >= 4 is 34.0 Å². The number of aromatic nitrogens is 2. The lowest BCUT2D eigenvalue weighted by Crippen LogP contribution is -2.02. The van der Waals surface area contributed by atoms with Crippen LogP contribution in [0.25, 0.3) is 11.0 Å². The van der Waals surface area contributed by atoms with E-state index >= 15 is 0 Å². The van der Waals surface area contributed by atoms with Crippen molar-refractivity contribution in [3.05, 3.63) is 45.4 Å². The largest absolute Gasteiger partial charge is 0.494 e. The van der Waals surface area contributed by atoms with Crippen molar-refractivity contribution < 1.29 is 4.74 Å². The van der Waals surface area contributed by atoms with Crippen LogP contribution in [0.1, 0.15) is 21.1 Å². The number of hydrogen-bond donors (Lipinski definition) is 0. The Hall–Kier alpha value is -1.52. The molecule has 110 valence electrons. The monoisotopic (exact) mass is 320 g/mol. The zero-order valence-corrected chi connectivity index (χ0v) is 13.9. The van der Waals surface area contributed by atoms with E-state index in [1.54, 1.807) is 7.11 Å². The predicted molar refractivity (Wildman–Crippen MR) is 88.7 cm³/mol. The van der Waals surface area contributed by atoms with Gasteiger partial charge in [0.2, 0.25) is 0 Å². The molecule has 2 heterocycles. The number of alkyl halides is 1. The molecule has 0 aliphatic carbocycles. The van der Waals surface area contributed by atoms with Crippen molar-refractivity contribution in [1.82, 2.24) is 9.55 Å². The van der Waals surface area contributed by atoms with Gasteiger partial charge in [-0.25, -0.2) is 4.98 Å². The molecule has 0 fully saturated rings. The molecule has 0 radical (unpaired) electrons. The van der Waals surface area contributed by atoms with E-state index in [0.717, 1.165) is 29.2 Å². The van der Waals surface area contributed by atoms with Crippen molar-refractivity contribution in [3.63, 3.8) is 0 Å². The van der Waals surface area contributed by atoms with Crippen molar-refractivity contribution in [3.8, 4) is 5.75 Å². The first-order chi connectivity index (χ1) is 10.1. The molecule has 2 aromatic heterocycles. The number of para-hydroxylation sites is 1. The van der Waals surface area contributed by atoms with E-state index < -0.39 is 0 Å². The zero-order valence-electron chi connectivity index (χ0n) is 12.3. The Kier molecular flexibility index (Phi) is 3.91. The van der Waals surface area contributed by atoms with Crippen LogP contribution in [0.3, 0.4) is 0 Å². The van der Waals surface area contributed by atoms with E-state index in [9.17, 15) is 0 Å². The number of nitrogens with zero attached hydrogens (tertiary/aromatic N) is 2. The topological polar surface area (TPSA) is 27.1 Å². The quantitative estimate of drug-likeness (QED) is 0.661. The molecule has 0 saturated carbocycles. The van der Waals surface area contributed by atoms with Crippen LogP contribution in [0.15, 0.2) is 24.3 Å². The molecule has 0 bridgehead atoms. The minimum Gasteiger partial charge on any atom is -0.494 e. The van der Waals surface area contributed by atoms with Gasteiger partial charge in [0.1, 0.15) is 17.1 Å². The van der Waals surface area contributed by atoms with Gasteiger partial charge in [0, 0.05) is 9.75 Å². The summed E-state index contributed by atoms with van der Waals surface area (Å²) < 4.78 is 7.57. The van der Waals surface area contributed by atoms with Gasteiger partial charge in [-0.2, -0.15) is 0 Å². The van der Waals surface area contributed by atoms with Gasteiger partial charge >= 0.3 is 0 Å². The Morgan fingerprint density at radius 1 is 1.33 bits per heavy atom. The molecule has 3 nitrogen and oxygen atoms in total. The van der Waals surface area contributed by atoms with Crippen LogP contribution in [-0.4, -0.2) is 16.7 Å². The van der Waals surface area contributed by atoms with Gasteiger partial charge < -0.3 is 9.30 Å². The highest BCUT2D eigenvalue weighted by atomic mass is 35.5. The average Bonchev–Trinajstić information content (AvgIpc) is 3.00. The fraction of sp³-hybridized carbons (Fsp3) is 0.312. The highest BCUT2D eigenvalue weighted by Crippen LogP contribution is 2.29. The van der Waals surface area contributed by atoms with Crippen LogP contribution in [0.5, 0.6) is 5.75 Å². The minimum atomic E-state index is 0.390. The first-order valence-corrected chi connectivity index (χ1v) is 8.13. The van der Waals surface area contributed by atoms with Crippen LogP contribution in [0.2, 0.25) is 0 Å². The summed E-state index contributed by atoms with van der Waals surface area (Å²) in [6.45, 7) is 5.10. The van der Waals surface area contributed by atoms with Gasteiger partial charge in [-0.3, -0.25) is 0 Å². The molecule has 0 unspecified atom stereocenters. The summed E-state index contributed by atoms with van der Waals surface area (Å²) in [6.07, 6.45) is 0. The van der Waals surface area contributed by atoms with E-state index in [1.165, 1.54) is 15.3 Å². The van der Waals surface area contributed by atoms with Crippen LogP contribution in [-0.2, 0) is 12.4 Å². The normalized spacial score (nSPS) is 11.2. The lowest BCUT2D eigenvalue weighted by Gasteiger charge is -2.06. The van der Waals surface area contributed by atoms with E-state index in [0.29, 0.717) is 5.88 Å². The Bertz CT molecular complexity index is 772. The summed E-state index contributed by atoms with van der Waals surface area (Å²) in [5, 5.41) is 0. The zero-order chi connectivity index (χ0) is 15.0. The predicted octanol–water partition coefficient (Wildman–Crippen LogP) is 4.51. The summed E-state index contributed by atoms with van der Waals surface area (Å²) in [5.41, 5.74) is 3.28. The van der Waals surface area contributed by atoms with Crippen molar-refractivity contribution in [2.24, 2.45) is 0 Å². The van der Waals surface area contributed by atoms with Crippen molar-refractivity contribution in [2.75, 3.05) is 7.11 Å². The van der Waals surface area contributed by atoms with E-state index in [4.69, 9.17) is 16.3 Å². The van der Waals surface area contributed by atoms with E-state index in [-0.39, 0.29) is 0 Å². The number of halogens is 1. The molecule has 0 atom stereocenters. The van der Waals surface area contributed by atoms with Gasteiger partial charge in [-0.05, 0) is 37.6 Å². The number of methoxy groups -OCH3 is 1. The summed E-state index contributed by atoms with van der Waals surface area (Å²) in [6, 6.07) is 8.22. The maximum atomic E-state index is 6.08. The molecule has 0 aliphatic rings. The third-order valence-electron chi connectivity index (χ3n) is 3.69. The summed E-state index contributed by atoms with van der Waals surface area (Å²) >= 11 is 7.91. The fourth-order valence-corrected chi connectivity index (χ4v) is 3.74. The van der Waals surface area contributed by atoms with Gasteiger partial charge in [-0.1, -0.05) is 6.07 Å². The summed E-state index contributed by atoms with van der Waals surface area (Å²) in [4.78, 5) is 7.32. The Balaban J connectivity index is 2.12. The van der Waals surface area contributed by atoms with Gasteiger partial charge in [0.05, 0.1) is 25.1 Å². The van der Waals surface area contributed by atoms with Crippen molar-refractivity contribution in [2.45, 2.75) is 26.3 Å². The smallest absolute Gasteiger partial charge is 0.146 e.